The van der Waals surface area contributed by atoms with Crippen molar-refractivity contribution >= 4 is 46.8 Å². The minimum absolute atomic E-state index is 0.0860. The fourth-order valence-corrected chi connectivity index (χ4v) is 4.29. The molecule has 0 radical (unpaired) electrons. The summed E-state index contributed by atoms with van der Waals surface area (Å²) >= 11 is 7.51. The molecule has 9 heteroatoms. The van der Waals surface area contributed by atoms with Gasteiger partial charge in [-0.05, 0) is 50.2 Å². The van der Waals surface area contributed by atoms with Gasteiger partial charge in [-0.2, -0.15) is 0 Å². The largest absolute Gasteiger partial charge is 0.346 e. The second kappa shape index (κ2) is 11.4. The molecule has 0 aliphatic carbocycles. The molecule has 1 aliphatic heterocycles. The Hall–Kier alpha value is -2.55. The van der Waals surface area contributed by atoms with E-state index in [1.54, 1.807) is 11.8 Å². The predicted octanol–water partition coefficient (Wildman–Crippen LogP) is 3.10. The first-order chi connectivity index (χ1) is 15.3. The van der Waals surface area contributed by atoms with Gasteiger partial charge in [0.15, 0.2) is 0 Å². The van der Waals surface area contributed by atoms with Gasteiger partial charge in [-0.3, -0.25) is 19.3 Å². The summed E-state index contributed by atoms with van der Waals surface area (Å²) in [6.07, 6.45) is 0. The van der Waals surface area contributed by atoms with Gasteiger partial charge >= 0.3 is 11.8 Å². The Morgan fingerprint density at radius 3 is 2.31 bits per heavy atom. The third-order valence-corrected chi connectivity index (χ3v) is 6.18. The number of carbonyl (C=O) groups excluding carboxylic acids is 3. The number of hydrogen-bond acceptors (Lipinski definition) is 5. The topological polar surface area (TPSA) is 81.8 Å². The lowest BCUT2D eigenvalue weighted by molar-refractivity contribution is -0.147. The van der Waals surface area contributed by atoms with Gasteiger partial charge in [-0.15, -0.1) is 0 Å². The number of para-hydroxylation sites is 1. The standard InChI is InChI=1S/C23H27ClN4O3S/c1-16(2)25-22(30)23(31)28-13-11-27(12-14-28)15-21(29)26-19-5-3-4-6-20(19)32-18-9-7-17(24)8-10-18/h3-10,16H,11-15H2,1-2H3,(H,25,30)(H,26,29). The fourth-order valence-electron chi connectivity index (χ4n) is 3.26. The Morgan fingerprint density at radius 1 is 1.00 bits per heavy atom. The van der Waals surface area contributed by atoms with Gasteiger partial charge in [0.2, 0.25) is 5.91 Å². The van der Waals surface area contributed by atoms with E-state index in [4.69, 9.17) is 11.6 Å². The summed E-state index contributed by atoms with van der Waals surface area (Å²) in [5.41, 5.74) is 0.747. The minimum atomic E-state index is -0.582. The van der Waals surface area contributed by atoms with Gasteiger partial charge in [0.05, 0.1) is 12.2 Å². The van der Waals surface area contributed by atoms with Crippen LogP contribution in [0.5, 0.6) is 0 Å². The van der Waals surface area contributed by atoms with E-state index in [0.717, 1.165) is 15.5 Å². The molecule has 170 valence electrons. The molecule has 3 amide bonds. The van der Waals surface area contributed by atoms with Crippen LogP contribution < -0.4 is 10.6 Å². The smallest absolute Gasteiger partial charge is 0.311 e. The fraction of sp³-hybridized carbons (Fsp3) is 0.348. The maximum Gasteiger partial charge on any atom is 0.311 e. The van der Waals surface area contributed by atoms with Crippen molar-refractivity contribution in [3.05, 3.63) is 53.6 Å². The minimum Gasteiger partial charge on any atom is -0.346 e. The molecule has 0 unspecified atom stereocenters. The number of nitrogens with one attached hydrogen (secondary N) is 2. The van der Waals surface area contributed by atoms with E-state index in [1.807, 2.05) is 67.3 Å². The van der Waals surface area contributed by atoms with Crippen LogP contribution in [0.25, 0.3) is 0 Å². The van der Waals surface area contributed by atoms with Crippen LogP contribution in [-0.4, -0.2) is 66.3 Å². The van der Waals surface area contributed by atoms with Crippen LogP contribution in [0.4, 0.5) is 5.69 Å². The van der Waals surface area contributed by atoms with Gasteiger partial charge < -0.3 is 15.5 Å². The zero-order chi connectivity index (χ0) is 23.1. The molecule has 0 atom stereocenters. The van der Waals surface area contributed by atoms with Crippen molar-refractivity contribution in [1.82, 2.24) is 15.1 Å². The number of benzene rings is 2. The molecule has 1 fully saturated rings. The van der Waals surface area contributed by atoms with E-state index in [0.29, 0.717) is 31.2 Å². The number of rotatable bonds is 6. The first-order valence-electron chi connectivity index (χ1n) is 10.5. The summed E-state index contributed by atoms with van der Waals surface area (Å²) in [6, 6.07) is 15.1. The van der Waals surface area contributed by atoms with Crippen molar-refractivity contribution in [2.24, 2.45) is 0 Å². The highest BCUT2D eigenvalue weighted by Gasteiger charge is 2.27. The van der Waals surface area contributed by atoms with Crippen molar-refractivity contribution in [1.29, 1.82) is 0 Å². The van der Waals surface area contributed by atoms with Gasteiger partial charge in [0.25, 0.3) is 0 Å². The predicted molar refractivity (Wildman–Crippen MR) is 127 cm³/mol. The van der Waals surface area contributed by atoms with Crippen molar-refractivity contribution in [3.8, 4) is 0 Å². The van der Waals surface area contributed by atoms with Gasteiger partial charge in [-0.1, -0.05) is 35.5 Å². The molecule has 2 aromatic rings. The molecular formula is C23H27ClN4O3S. The number of hydrogen-bond donors (Lipinski definition) is 2. The Bertz CT molecular complexity index is 960. The lowest BCUT2D eigenvalue weighted by atomic mass is 10.2. The Balaban J connectivity index is 1.51. The van der Waals surface area contributed by atoms with Crippen LogP contribution in [0.3, 0.4) is 0 Å². The molecule has 1 aliphatic rings. The van der Waals surface area contributed by atoms with Crippen molar-refractivity contribution in [3.63, 3.8) is 0 Å². The molecule has 0 saturated carbocycles. The van der Waals surface area contributed by atoms with E-state index >= 15 is 0 Å². The Morgan fingerprint density at radius 2 is 1.66 bits per heavy atom. The van der Waals surface area contributed by atoms with Crippen LogP contribution in [-0.2, 0) is 14.4 Å². The molecule has 1 saturated heterocycles. The Kier molecular flexibility index (Phi) is 8.55. The van der Waals surface area contributed by atoms with Crippen LogP contribution in [0.1, 0.15) is 13.8 Å². The van der Waals surface area contributed by atoms with Crippen LogP contribution in [0, 0.1) is 0 Å². The summed E-state index contributed by atoms with van der Waals surface area (Å²) in [4.78, 5) is 42.3. The maximum absolute atomic E-state index is 12.7. The number of nitrogens with zero attached hydrogens (tertiary/aromatic N) is 2. The van der Waals surface area contributed by atoms with E-state index in [9.17, 15) is 14.4 Å². The van der Waals surface area contributed by atoms with E-state index in [-0.39, 0.29) is 18.5 Å². The third-order valence-electron chi connectivity index (χ3n) is 4.84. The number of carbonyl (C=O) groups is 3. The SMILES string of the molecule is CC(C)NC(=O)C(=O)N1CCN(CC(=O)Nc2ccccc2Sc2ccc(Cl)cc2)CC1. The highest BCUT2D eigenvalue weighted by Crippen LogP contribution is 2.33. The second-order valence-electron chi connectivity index (χ2n) is 7.80. The van der Waals surface area contributed by atoms with Gasteiger partial charge in [0, 0.05) is 47.0 Å². The summed E-state index contributed by atoms with van der Waals surface area (Å²) in [5, 5.41) is 6.29. The van der Waals surface area contributed by atoms with Crippen molar-refractivity contribution < 1.29 is 14.4 Å². The summed E-state index contributed by atoms with van der Waals surface area (Å²) in [5.74, 6) is -1.22. The molecule has 0 spiro atoms. The first kappa shape index (κ1) is 24.1. The number of amides is 3. The molecule has 2 aromatic carbocycles. The highest BCUT2D eigenvalue weighted by molar-refractivity contribution is 7.99. The molecule has 2 N–H and O–H groups in total. The summed E-state index contributed by atoms with van der Waals surface area (Å²) in [6.45, 7) is 5.76. The first-order valence-corrected chi connectivity index (χ1v) is 11.7. The molecule has 3 rings (SSSR count). The molecule has 0 aromatic heterocycles. The average molecular weight is 475 g/mol. The van der Waals surface area contributed by atoms with Crippen molar-refractivity contribution in [2.75, 3.05) is 38.0 Å². The Labute approximate surface area is 197 Å². The molecule has 7 nitrogen and oxygen atoms in total. The zero-order valence-corrected chi connectivity index (χ0v) is 19.7. The van der Waals surface area contributed by atoms with Gasteiger partial charge in [-0.25, -0.2) is 0 Å². The lowest BCUT2D eigenvalue weighted by Gasteiger charge is -2.34. The van der Waals surface area contributed by atoms with Gasteiger partial charge in [0.1, 0.15) is 0 Å². The average Bonchev–Trinajstić information content (AvgIpc) is 2.76. The van der Waals surface area contributed by atoms with Crippen molar-refractivity contribution in [2.45, 2.75) is 29.7 Å². The van der Waals surface area contributed by atoms with Crippen LogP contribution in [0.15, 0.2) is 58.3 Å². The quantitative estimate of drug-likeness (QED) is 0.629. The van der Waals surface area contributed by atoms with Crippen LogP contribution >= 0.6 is 23.4 Å². The normalized spacial score (nSPS) is 14.3. The molecular weight excluding hydrogens is 448 g/mol. The molecule has 1 heterocycles. The van der Waals surface area contributed by atoms with Crippen LogP contribution in [0.2, 0.25) is 5.02 Å². The summed E-state index contributed by atoms with van der Waals surface area (Å²) in [7, 11) is 0. The number of piperazine rings is 1. The van der Waals surface area contributed by atoms with E-state index in [2.05, 4.69) is 10.6 Å². The monoisotopic (exact) mass is 474 g/mol. The van der Waals surface area contributed by atoms with E-state index in [1.165, 1.54) is 4.90 Å². The van der Waals surface area contributed by atoms with E-state index < -0.39 is 11.8 Å². The summed E-state index contributed by atoms with van der Waals surface area (Å²) < 4.78 is 0. The lowest BCUT2D eigenvalue weighted by Crippen LogP contribution is -2.54. The highest BCUT2D eigenvalue weighted by atomic mass is 35.5. The third kappa shape index (κ3) is 6.98. The number of halogens is 1. The molecule has 0 bridgehead atoms. The zero-order valence-electron chi connectivity index (χ0n) is 18.1. The second-order valence-corrected chi connectivity index (χ2v) is 9.35. The molecule has 32 heavy (non-hydrogen) atoms. The maximum atomic E-state index is 12.7. The number of anilines is 1.